The molecule has 0 bridgehead atoms. The Morgan fingerprint density at radius 3 is 2.48 bits per heavy atom. The number of rotatable bonds is 5. The largest absolute Gasteiger partial charge is 0.366 e. The van der Waals surface area contributed by atoms with Crippen LogP contribution in [0.4, 0.5) is 0 Å². The van der Waals surface area contributed by atoms with Crippen LogP contribution in [-0.2, 0) is 0 Å². The first-order valence-corrected chi connectivity index (χ1v) is 9.16. The highest BCUT2D eigenvalue weighted by atomic mass is 79.9. The van der Waals surface area contributed by atoms with Gasteiger partial charge in [0.1, 0.15) is 0 Å². The van der Waals surface area contributed by atoms with Crippen LogP contribution in [0.3, 0.4) is 0 Å². The lowest BCUT2D eigenvalue weighted by atomic mass is 9.77. The summed E-state index contributed by atoms with van der Waals surface area (Å²) < 4.78 is 1.02. The van der Waals surface area contributed by atoms with Gasteiger partial charge < -0.3 is 11.1 Å². The predicted molar refractivity (Wildman–Crippen MR) is 94.5 cm³/mol. The van der Waals surface area contributed by atoms with Crippen molar-refractivity contribution in [3.05, 3.63) is 56.2 Å². The van der Waals surface area contributed by atoms with Crippen LogP contribution in [-0.4, -0.2) is 11.8 Å². The Kier molecular flexibility index (Phi) is 4.82. The minimum absolute atomic E-state index is 0.00322. The normalized spacial score (nSPS) is 15.7. The number of carbonyl (C=O) groups is 2. The second-order valence-electron chi connectivity index (χ2n) is 5.76. The number of carbonyl (C=O) groups excluding carboxylic acids is 2. The standard InChI is InChI=1S/C17H17BrN2O2S/c18-13-6-4-11(5-7-13)15(10-2-1-3-10)20-17(22)14-8-12(9-23-14)16(19)21/h4-10,15H,1-3H2,(H2,19,21)(H,20,22)/t15-/m0/s1. The van der Waals surface area contributed by atoms with Gasteiger partial charge in [-0.3, -0.25) is 9.59 Å². The van der Waals surface area contributed by atoms with Gasteiger partial charge in [-0.15, -0.1) is 11.3 Å². The van der Waals surface area contributed by atoms with Gasteiger partial charge in [0.15, 0.2) is 0 Å². The van der Waals surface area contributed by atoms with E-state index in [2.05, 4.69) is 21.2 Å². The molecule has 0 saturated heterocycles. The van der Waals surface area contributed by atoms with Crippen molar-refractivity contribution in [3.8, 4) is 0 Å². The summed E-state index contributed by atoms with van der Waals surface area (Å²) >= 11 is 4.68. The van der Waals surface area contributed by atoms with E-state index in [-0.39, 0.29) is 11.9 Å². The number of hydrogen-bond donors (Lipinski definition) is 2. The Morgan fingerprint density at radius 2 is 1.96 bits per heavy atom. The summed E-state index contributed by atoms with van der Waals surface area (Å²) in [5.74, 6) is -0.193. The van der Waals surface area contributed by atoms with Gasteiger partial charge in [0.05, 0.1) is 16.5 Å². The second kappa shape index (κ2) is 6.84. The molecular formula is C17H17BrN2O2S. The molecule has 3 N–H and O–H groups in total. The summed E-state index contributed by atoms with van der Waals surface area (Å²) in [6.45, 7) is 0. The Hall–Kier alpha value is -1.66. The molecule has 1 aromatic carbocycles. The molecule has 3 rings (SSSR count). The SMILES string of the molecule is NC(=O)c1csc(C(=O)N[C@H](c2ccc(Br)cc2)C2CCC2)c1. The third-order valence-electron chi connectivity index (χ3n) is 4.24. The van der Waals surface area contributed by atoms with E-state index in [9.17, 15) is 9.59 Å². The number of hydrogen-bond acceptors (Lipinski definition) is 3. The summed E-state index contributed by atoms with van der Waals surface area (Å²) in [5.41, 5.74) is 6.73. The average molecular weight is 393 g/mol. The zero-order valence-corrected chi connectivity index (χ0v) is 14.8. The fourth-order valence-corrected chi connectivity index (χ4v) is 3.78. The molecular weight excluding hydrogens is 376 g/mol. The van der Waals surface area contributed by atoms with Crippen LogP contribution in [0, 0.1) is 5.92 Å². The zero-order valence-electron chi connectivity index (χ0n) is 12.4. The van der Waals surface area contributed by atoms with Crippen molar-refractivity contribution >= 4 is 39.1 Å². The maximum absolute atomic E-state index is 12.5. The first-order valence-electron chi connectivity index (χ1n) is 7.49. The van der Waals surface area contributed by atoms with Crippen molar-refractivity contribution in [2.24, 2.45) is 11.7 Å². The van der Waals surface area contributed by atoms with Gasteiger partial charge in [0.25, 0.3) is 5.91 Å². The van der Waals surface area contributed by atoms with E-state index in [0.717, 1.165) is 22.9 Å². The Bertz CT molecular complexity index is 722. The number of halogens is 1. The van der Waals surface area contributed by atoms with E-state index < -0.39 is 5.91 Å². The molecule has 1 aliphatic rings. The van der Waals surface area contributed by atoms with Gasteiger partial charge in [-0.25, -0.2) is 0 Å². The lowest BCUT2D eigenvalue weighted by molar-refractivity contribution is 0.0905. The fraction of sp³-hybridized carbons (Fsp3) is 0.294. The number of nitrogens with one attached hydrogen (secondary N) is 1. The number of amides is 2. The van der Waals surface area contributed by atoms with Crippen molar-refractivity contribution < 1.29 is 9.59 Å². The molecule has 23 heavy (non-hydrogen) atoms. The monoisotopic (exact) mass is 392 g/mol. The number of thiophene rings is 1. The molecule has 0 radical (unpaired) electrons. The van der Waals surface area contributed by atoms with Gasteiger partial charge in [-0.05, 0) is 42.5 Å². The van der Waals surface area contributed by atoms with E-state index in [4.69, 9.17) is 5.73 Å². The summed E-state index contributed by atoms with van der Waals surface area (Å²) in [6, 6.07) is 9.62. The molecule has 0 unspecified atom stereocenters. The van der Waals surface area contributed by atoms with Crippen LogP contribution in [0.2, 0.25) is 0 Å². The summed E-state index contributed by atoms with van der Waals surface area (Å²) in [4.78, 5) is 24.2. The molecule has 1 heterocycles. The fourth-order valence-electron chi connectivity index (χ4n) is 2.71. The van der Waals surface area contributed by atoms with Crippen LogP contribution < -0.4 is 11.1 Å². The lowest BCUT2D eigenvalue weighted by Gasteiger charge is -2.34. The molecule has 2 aromatic rings. The topological polar surface area (TPSA) is 72.2 Å². The third-order valence-corrected chi connectivity index (χ3v) is 5.70. The van der Waals surface area contributed by atoms with Crippen LogP contribution in [0.15, 0.2) is 40.2 Å². The number of benzene rings is 1. The molecule has 2 amide bonds. The van der Waals surface area contributed by atoms with Gasteiger partial charge in [-0.2, -0.15) is 0 Å². The average Bonchev–Trinajstić information content (AvgIpc) is 2.95. The molecule has 1 aromatic heterocycles. The van der Waals surface area contributed by atoms with Crippen LogP contribution in [0.5, 0.6) is 0 Å². The molecule has 0 aliphatic heterocycles. The Morgan fingerprint density at radius 1 is 1.26 bits per heavy atom. The highest BCUT2D eigenvalue weighted by Gasteiger charge is 2.30. The minimum atomic E-state index is -0.510. The third kappa shape index (κ3) is 3.64. The lowest BCUT2D eigenvalue weighted by Crippen LogP contribution is -2.36. The summed E-state index contributed by atoms with van der Waals surface area (Å²) in [5, 5.41) is 4.75. The van der Waals surface area contributed by atoms with Crippen LogP contribution >= 0.6 is 27.3 Å². The van der Waals surface area contributed by atoms with Crippen molar-refractivity contribution in [2.75, 3.05) is 0 Å². The van der Waals surface area contributed by atoms with Gasteiger partial charge in [-0.1, -0.05) is 34.5 Å². The summed E-state index contributed by atoms with van der Waals surface area (Å²) in [7, 11) is 0. The smallest absolute Gasteiger partial charge is 0.261 e. The molecule has 0 spiro atoms. The molecule has 1 saturated carbocycles. The highest BCUT2D eigenvalue weighted by Crippen LogP contribution is 2.38. The van der Waals surface area contributed by atoms with E-state index in [1.165, 1.54) is 17.8 Å². The summed E-state index contributed by atoms with van der Waals surface area (Å²) in [6.07, 6.45) is 3.45. The van der Waals surface area contributed by atoms with Crippen molar-refractivity contribution in [1.29, 1.82) is 0 Å². The molecule has 4 nitrogen and oxygen atoms in total. The van der Waals surface area contributed by atoms with Crippen LogP contribution in [0.1, 0.15) is 50.9 Å². The Balaban J connectivity index is 1.78. The first kappa shape index (κ1) is 16.2. The number of nitrogens with two attached hydrogens (primary N) is 1. The Labute approximate surface area is 147 Å². The quantitative estimate of drug-likeness (QED) is 0.809. The first-order chi connectivity index (χ1) is 11.0. The molecule has 1 atom stereocenters. The zero-order chi connectivity index (χ0) is 16.4. The van der Waals surface area contributed by atoms with E-state index >= 15 is 0 Å². The van der Waals surface area contributed by atoms with Gasteiger partial charge in [0, 0.05) is 9.85 Å². The van der Waals surface area contributed by atoms with Gasteiger partial charge >= 0.3 is 0 Å². The maximum Gasteiger partial charge on any atom is 0.261 e. The van der Waals surface area contributed by atoms with Crippen LogP contribution in [0.25, 0.3) is 0 Å². The minimum Gasteiger partial charge on any atom is -0.366 e. The molecule has 1 fully saturated rings. The molecule has 6 heteroatoms. The molecule has 1 aliphatic carbocycles. The highest BCUT2D eigenvalue weighted by molar-refractivity contribution is 9.10. The van der Waals surface area contributed by atoms with E-state index in [1.54, 1.807) is 11.4 Å². The maximum atomic E-state index is 12.5. The van der Waals surface area contributed by atoms with Crippen molar-refractivity contribution in [2.45, 2.75) is 25.3 Å². The predicted octanol–water partition coefficient (Wildman–Crippen LogP) is 3.88. The molecule has 120 valence electrons. The van der Waals surface area contributed by atoms with Crippen molar-refractivity contribution in [1.82, 2.24) is 5.32 Å². The van der Waals surface area contributed by atoms with Gasteiger partial charge in [0.2, 0.25) is 5.91 Å². The van der Waals surface area contributed by atoms with E-state index in [1.807, 2.05) is 24.3 Å². The number of primary amides is 1. The van der Waals surface area contributed by atoms with E-state index in [0.29, 0.717) is 16.4 Å². The second-order valence-corrected chi connectivity index (χ2v) is 7.58. The van der Waals surface area contributed by atoms with Crippen molar-refractivity contribution in [3.63, 3.8) is 0 Å².